The Morgan fingerprint density at radius 3 is 2.90 bits per heavy atom. The van der Waals surface area contributed by atoms with Crippen LogP contribution in [-0.2, 0) is 0 Å². The number of fused-ring (bicyclic) bond motifs is 2. The summed E-state index contributed by atoms with van der Waals surface area (Å²) in [5.74, 6) is 2.60. The molecule has 0 unspecified atom stereocenters. The molecular weight excluding hydrogens is 256 g/mol. The summed E-state index contributed by atoms with van der Waals surface area (Å²) >= 11 is 0. The smallest absolute Gasteiger partial charge is 0.180 e. The van der Waals surface area contributed by atoms with E-state index in [9.17, 15) is 0 Å². The second kappa shape index (κ2) is 4.12. The molecule has 3 aromatic rings. The number of nitrogen functional groups attached to an aromatic ring is 1. The average Bonchev–Trinajstić information content (AvgIpc) is 2.89. The molecule has 0 spiro atoms. The molecule has 6 nitrogen and oxygen atoms in total. The number of nitrogens with zero attached hydrogens (tertiary/aromatic N) is 2. The fourth-order valence-corrected chi connectivity index (χ4v) is 2.29. The van der Waals surface area contributed by atoms with Crippen LogP contribution in [0.5, 0.6) is 11.5 Å². The Hall–Kier alpha value is -2.76. The van der Waals surface area contributed by atoms with Crippen molar-refractivity contribution in [3.8, 4) is 22.9 Å². The van der Waals surface area contributed by atoms with Crippen LogP contribution in [0.3, 0.4) is 0 Å². The Morgan fingerprint density at radius 1 is 1.05 bits per heavy atom. The van der Waals surface area contributed by atoms with Gasteiger partial charge in [0.05, 0.1) is 11.1 Å². The highest BCUT2D eigenvalue weighted by molar-refractivity contribution is 5.79. The van der Waals surface area contributed by atoms with Crippen LogP contribution in [-0.4, -0.2) is 28.2 Å². The van der Waals surface area contributed by atoms with Crippen LogP contribution < -0.4 is 15.2 Å². The quantitative estimate of drug-likeness (QED) is 0.704. The number of rotatable bonds is 1. The van der Waals surface area contributed by atoms with E-state index in [1.54, 1.807) is 6.07 Å². The molecule has 1 aliphatic heterocycles. The summed E-state index contributed by atoms with van der Waals surface area (Å²) in [5.41, 5.74) is 7.96. The van der Waals surface area contributed by atoms with E-state index < -0.39 is 0 Å². The number of aromatic amines is 1. The van der Waals surface area contributed by atoms with Gasteiger partial charge in [-0.1, -0.05) is 6.07 Å². The number of H-pyrrole nitrogens is 1. The summed E-state index contributed by atoms with van der Waals surface area (Å²) in [4.78, 5) is 11.9. The molecule has 0 amide bonds. The van der Waals surface area contributed by atoms with E-state index in [0.717, 1.165) is 16.8 Å². The Kier molecular flexibility index (Phi) is 2.29. The second-order valence-electron chi connectivity index (χ2n) is 4.52. The zero-order chi connectivity index (χ0) is 13.5. The van der Waals surface area contributed by atoms with E-state index in [4.69, 9.17) is 15.2 Å². The summed E-state index contributed by atoms with van der Waals surface area (Å²) in [5, 5.41) is 0. The van der Waals surface area contributed by atoms with Gasteiger partial charge in [0.25, 0.3) is 0 Å². The highest BCUT2D eigenvalue weighted by atomic mass is 16.6. The molecule has 0 atom stereocenters. The number of pyridine rings is 1. The van der Waals surface area contributed by atoms with Crippen molar-refractivity contribution < 1.29 is 9.47 Å². The van der Waals surface area contributed by atoms with Gasteiger partial charge in [0.2, 0.25) is 0 Å². The molecule has 0 bridgehead atoms. The van der Waals surface area contributed by atoms with Crippen molar-refractivity contribution >= 4 is 17.0 Å². The maximum absolute atomic E-state index is 5.70. The Morgan fingerprint density at radius 2 is 1.95 bits per heavy atom. The number of hydrogen-bond donors (Lipinski definition) is 2. The van der Waals surface area contributed by atoms with Crippen molar-refractivity contribution in [3.05, 3.63) is 30.3 Å². The van der Waals surface area contributed by atoms with Crippen LogP contribution in [0.15, 0.2) is 30.3 Å². The lowest BCUT2D eigenvalue weighted by Crippen LogP contribution is -2.15. The van der Waals surface area contributed by atoms with E-state index in [2.05, 4.69) is 15.0 Å². The highest BCUT2D eigenvalue weighted by Crippen LogP contribution is 2.39. The molecule has 0 fully saturated rings. The first kappa shape index (κ1) is 11.1. The molecule has 1 aromatic carbocycles. The van der Waals surface area contributed by atoms with Crippen LogP contribution >= 0.6 is 0 Å². The van der Waals surface area contributed by atoms with Crippen LogP contribution in [0.1, 0.15) is 0 Å². The van der Waals surface area contributed by atoms with Crippen molar-refractivity contribution in [1.82, 2.24) is 15.0 Å². The zero-order valence-electron chi connectivity index (χ0n) is 10.6. The van der Waals surface area contributed by atoms with Crippen LogP contribution in [0.2, 0.25) is 0 Å². The number of ether oxygens (including phenoxy) is 2. The maximum Gasteiger partial charge on any atom is 0.180 e. The molecule has 0 saturated carbocycles. The first-order valence-electron chi connectivity index (χ1n) is 6.32. The predicted molar refractivity (Wildman–Crippen MR) is 74.7 cm³/mol. The molecule has 0 saturated heterocycles. The Bertz CT molecular complexity index is 797. The van der Waals surface area contributed by atoms with Gasteiger partial charge in [-0.25, -0.2) is 9.97 Å². The third kappa shape index (κ3) is 1.65. The fourth-order valence-electron chi connectivity index (χ4n) is 2.29. The minimum atomic E-state index is 0.449. The van der Waals surface area contributed by atoms with Gasteiger partial charge in [0.1, 0.15) is 24.9 Å². The lowest BCUT2D eigenvalue weighted by atomic mass is 10.1. The molecular formula is C14H12N4O2. The standard InChI is InChI=1S/C14H12N4O2/c15-11-5-4-9-14(17-11)18-13(16-9)8-2-1-3-10-12(8)20-7-6-19-10/h1-5H,6-7H2,(H3,15,16,17,18). The lowest BCUT2D eigenvalue weighted by molar-refractivity contribution is 0.172. The largest absolute Gasteiger partial charge is 0.486 e. The summed E-state index contributed by atoms with van der Waals surface area (Å²) in [6, 6.07) is 9.34. The fraction of sp³-hybridized carbons (Fsp3) is 0.143. The molecule has 3 heterocycles. The minimum Gasteiger partial charge on any atom is -0.486 e. The van der Waals surface area contributed by atoms with Crippen molar-refractivity contribution in [2.45, 2.75) is 0 Å². The molecule has 0 radical (unpaired) electrons. The van der Waals surface area contributed by atoms with Gasteiger partial charge in [0, 0.05) is 0 Å². The topological polar surface area (TPSA) is 86.1 Å². The number of imidazole rings is 1. The van der Waals surface area contributed by atoms with Crippen molar-refractivity contribution in [2.24, 2.45) is 0 Å². The maximum atomic E-state index is 5.70. The SMILES string of the molecule is Nc1ccc2[nH]c(-c3cccc4c3OCCO4)nc2n1. The summed E-state index contributed by atoms with van der Waals surface area (Å²) in [7, 11) is 0. The van der Waals surface area contributed by atoms with Gasteiger partial charge in [-0.2, -0.15) is 0 Å². The number of para-hydroxylation sites is 1. The molecule has 6 heteroatoms. The minimum absolute atomic E-state index is 0.449. The predicted octanol–water partition coefficient (Wildman–Crippen LogP) is 1.98. The molecule has 0 aliphatic carbocycles. The number of benzene rings is 1. The first-order valence-corrected chi connectivity index (χ1v) is 6.32. The van der Waals surface area contributed by atoms with E-state index in [0.29, 0.717) is 36.3 Å². The number of nitrogens with two attached hydrogens (primary N) is 1. The monoisotopic (exact) mass is 268 g/mol. The van der Waals surface area contributed by atoms with E-state index >= 15 is 0 Å². The van der Waals surface area contributed by atoms with Gasteiger partial charge < -0.3 is 20.2 Å². The highest BCUT2D eigenvalue weighted by Gasteiger charge is 2.19. The third-order valence-corrected chi connectivity index (χ3v) is 3.19. The summed E-state index contributed by atoms with van der Waals surface area (Å²) in [6.45, 7) is 1.10. The molecule has 3 N–H and O–H groups in total. The van der Waals surface area contributed by atoms with E-state index in [1.807, 2.05) is 24.3 Å². The third-order valence-electron chi connectivity index (χ3n) is 3.19. The van der Waals surface area contributed by atoms with Gasteiger partial charge >= 0.3 is 0 Å². The lowest BCUT2D eigenvalue weighted by Gasteiger charge is -2.20. The Labute approximate surface area is 114 Å². The summed E-state index contributed by atoms with van der Waals surface area (Å²) in [6.07, 6.45) is 0. The molecule has 2 aromatic heterocycles. The molecule has 4 rings (SSSR count). The molecule has 100 valence electrons. The number of aromatic nitrogens is 3. The van der Waals surface area contributed by atoms with Gasteiger partial charge in [-0.3, -0.25) is 0 Å². The van der Waals surface area contributed by atoms with E-state index in [-0.39, 0.29) is 0 Å². The van der Waals surface area contributed by atoms with E-state index in [1.165, 1.54) is 0 Å². The van der Waals surface area contributed by atoms with Gasteiger partial charge in [-0.05, 0) is 24.3 Å². The van der Waals surface area contributed by atoms with Crippen LogP contribution in [0, 0.1) is 0 Å². The van der Waals surface area contributed by atoms with Gasteiger partial charge in [0.15, 0.2) is 17.1 Å². The Balaban J connectivity index is 1.90. The number of hydrogen-bond acceptors (Lipinski definition) is 5. The average molecular weight is 268 g/mol. The van der Waals surface area contributed by atoms with Crippen LogP contribution in [0.4, 0.5) is 5.82 Å². The van der Waals surface area contributed by atoms with Crippen molar-refractivity contribution in [3.63, 3.8) is 0 Å². The summed E-state index contributed by atoms with van der Waals surface area (Å²) < 4.78 is 11.3. The zero-order valence-corrected chi connectivity index (χ0v) is 10.6. The van der Waals surface area contributed by atoms with Crippen molar-refractivity contribution in [1.29, 1.82) is 0 Å². The number of nitrogens with one attached hydrogen (secondary N) is 1. The number of anilines is 1. The second-order valence-corrected chi connectivity index (χ2v) is 4.52. The van der Waals surface area contributed by atoms with Gasteiger partial charge in [-0.15, -0.1) is 0 Å². The molecule has 20 heavy (non-hydrogen) atoms. The first-order chi connectivity index (χ1) is 9.81. The van der Waals surface area contributed by atoms with Crippen LogP contribution in [0.25, 0.3) is 22.6 Å². The van der Waals surface area contributed by atoms with Crippen molar-refractivity contribution in [2.75, 3.05) is 18.9 Å². The normalized spacial score (nSPS) is 13.6. The molecule has 1 aliphatic rings.